The Balaban J connectivity index is 3.22. The van der Waals surface area contributed by atoms with E-state index in [0.29, 0.717) is 0 Å². The molecule has 0 fully saturated rings. The number of ketones is 1. The van der Waals surface area contributed by atoms with Gasteiger partial charge < -0.3 is 0 Å². The van der Waals surface area contributed by atoms with Gasteiger partial charge in [0.15, 0.2) is 0 Å². The molecule has 0 N–H and O–H groups in total. The first-order chi connectivity index (χ1) is 4.68. The van der Waals surface area contributed by atoms with Crippen molar-refractivity contribution in [2.75, 3.05) is 11.5 Å². The molecular formula is C6H10F2OS. The molecule has 0 radical (unpaired) electrons. The van der Waals surface area contributed by atoms with E-state index in [9.17, 15) is 13.6 Å². The van der Waals surface area contributed by atoms with Gasteiger partial charge in [-0.3, -0.25) is 4.79 Å². The van der Waals surface area contributed by atoms with Crippen LogP contribution < -0.4 is 0 Å². The molecule has 0 saturated heterocycles. The lowest BCUT2D eigenvalue weighted by Crippen LogP contribution is -2.12. The number of alkyl halides is 2. The van der Waals surface area contributed by atoms with Gasteiger partial charge in [0.2, 0.25) is 5.78 Å². The van der Waals surface area contributed by atoms with Crippen molar-refractivity contribution in [3.8, 4) is 0 Å². The van der Waals surface area contributed by atoms with Gasteiger partial charge in [0.25, 0.3) is 6.43 Å². The summed E-state index contributed by atoms with van der Waals surface area (Å²) >= 11 is 1.26. The van der Waals surface area contributed by atoms with Crippen molar-refractivity contribution < 1.29 is 13.6 Å². The van der Waals surface area contributed by atoms with E-state index in [0.717, 1.165) is 12.2 Å². The van der Waals surface area contributed by atoms with Gasteiger partial charge in [0.05, 0.1) is 5.75 Å². The van der Waals surface area contributed by atoms with E-state index in [1.165, 1.54) is 11.8 Å². The van der Waals surface area contributed by atoms with E-state index in [1.807, 2.05) is 6.92 Å². The highest BCUT2D eigenvalue weighted by Gasteiger charge is 2.13. The summed E-state index contributed by atoms with van der Waals surface area (Å²) in [5.74, 6) is -0.234. The molecule has 0 bridgehead atoms. The standard InChI is InChI=1S/C6H10F2OS/c1-2-3-10-4-5(9)6(7)8/h6H,2-4H2,1H3. The average Bonchev–Trinajstić information content (AvgIpc) is 1.88. The number of Topliss-reactive ketones (excluding diaryl/α,β-unsaturated/α-hetero) is 1. The predicted octanol–water partition coefficient (Wildman–Crippen LogP) is 1.96. The fraction of sp³-hybridized carbons (Fsp3) is 0.833. The number of carbonyl (C=O) groups excluding carboxylic acids is 1. The van der Waals surface area contributed by atoms with Crippen LogP contribution in [-0.4, -0.2) is 23.7 Å². The van der Waals surface area contributed by atoms with Crippen molar-refractivity contribution in [3.63, 3.8) is 0 Å². The zero-order valence-electron chi connectivity index (χ0n) is 5.77. The van der Waals surface area contributed by atoms with Gasteiger partial charge in [-0.25, -0.2) is 8.78 Å². The van der Waals surface area contributed by atoms with Crippen LogP contribution in [0.25, 0.3) is 0 Å². The number of hydrogen-bond acceptors (Lipinski definition) is 2. The summed E-state index contributed by atoms with van der Waals surface area (Å²) in [5, 5.41) is 0. The average molecular weight is 168 g/mol. The topological polar surface area (TPSA) is 17.1 Å². The molecule has 0 aliphatic heterocycles. The smallest absolute Gasteiger partial charge is 0.292 e. The molecule has 0 saturated carbocycles. The molecule has 0 atom stereocenters. The summed E-state index contributed by atoms with van der Waals surface area (Å²) in [6, 6.07) is 0. The van der Waals surface area contributed by atoms with Crippen LogP contribution in [-0.2, 0) is 4.79 Å². The maximum absolute atomic E-state index is 11.5. The normalized spacial score (nSPS) is 10.4. The van der Waals surface area contributed by atoms with Crippen molar-refractivity contribution in [3.05, 3.63) is 0 Å². The maximum atomic E-state index is 11.5. The molecule has 10 heavy (non-hydrogen) atoms. The first-order valence-electron chi connectivity index (χ1n) is 3.07. The Labute approximate surface area is 63.2 Å². The van der Waals surface area contributed by atoms with E-state index >= 15 is 0 Å². The third-order valence-corrected chi connectivity index (χ3v) is 2.02. The van der Waals surface area contributed by atoms with Gasteiger partial charge in [0.1, 0.15) is 0 Å². The zero-order valence-corrected chi connectivity index (χ0v) is 6.59. The highest BCUT2D eigenvalue weighted by molar-refractivity contribution is 7.99. The molecule has 4 heteroatoms. The van der Waals surface area contributed by atoms with Crippen molar-refractivity contribution in [2.45, 2.75) is 19.8 Å². The van der Waals surface area contributed by atoms with Gasteiger partial charge in [-0.2, -0.15) is 11.8 Å². The molecule has 0 amide bonds. The van der Waals surface area contributed by atoms with E-state index < -0.39 is 12.2 Å². The molecule has 0 heterocycles. The van der Waals surface area contributed by atoms with E-state index in [4.69, 9.17) is 0 Å². The molecular weight excluding hydrogens is 158 g/mol. The van der Waals surface area contributed by atoms with Crippen LogP contribution >= 0.6 is 11.8 Å². The molecule has 0 unspecified atom stereocenters. The number of carbonyl (C=O) groups is 1. The van der Waals surface area contributed by atoms with Crippen LogP contribution in [0.4, 0.5) is 8.78 Å². The quantitative estimate of drug-likeness (QED) is 0.584. The molecule has 0 rings (SSSR count). The summed E-state index contributed by atoms with van der Waals surface area (Å²) < 4.78 is 23.0. The van der Waals surface area contributed by atoms with E-state index in [1.54, 1.807) is 0 Å². The minimum absolute atomic E-state index is 0.0501. The van der Waals surface area contributed by atoms with Crippen molar-refractivity contribution in [1.29, 1.82) is 0 Å². The lowest BCUT2D eigenvalue weighted by molar-refractivity contribution is -0.126. The van der Waals surface area contributed by atoms with Crippen LogP contribution in [0.5, 0.6) is 0 Å². The van der Waals surface area contributed by atoms with Gasteiger partial charge >= 0.3 is 0 Å². The fourth-order valence-electron chi connectivity index (χ4n) is 0.380. The Kier molecular flexibility index (Phi) is 5.58. The summed E-state index contributed by atoms with van der Waals surface area (Å²) in [5.41, 5.74) is 0. The Morgan fingerprint density at radius 2 is 2.20 bits per heavy atom. The highest BCUT2D eigenvalue weighted by atomic mass is 32.2. The Morgan fingerprint density at radius 1 is 1.60 bits per heavy atom. The van der Waals surface area contributed by atoms with Crippen LogP contribution in [0.3, 0.4) is 0 Å². The van der Waals surface area contributed by atoms with Gasteiger partial charge in [0, 0.05) is 0 Å². The first kappa shape index (κ1) is 9.88. The second-order valence-electron chi connectivity index (χ2n) is 1.82. The molecule has 0 aliphatic carbocycles. The Bertz CT molecular complexity index is 106. The van der Waals surface area contributed by atoms with Gasteiger partial charge in [-0.05, 0) is 12.2 Å². The number of thioether (sulfide) groups is 1. The monoisotopic (exact) mass is 168 g/mol. The molecule has 0 aromatic rings. The third-order valence-electron chi connectivity index (χ3n) is 0.836. The molecule has 0 spiro atoms. The summed E-state index contributed by atoms with van der Waals surface area (Å²) in [6.45, 7) is 1.94. The Morgan fingerprint density at radius 3 is 2.60 bits per heavy atom. The minimum atomic E-state index is -2.79. The zero-order chi connectivity index (χ0) is 7.98. The number of rotatable bonds is 5. The summed E-state index contributed by atoms with van der Waals surface area (Å²) in [6.07, 6.45) is -1.87. The summed E-state index contributed by atoms with van der Waals surface area (Å²) in [7, 11) is 0. The lowest BCUT2D eigenvalue weighted by Gasteiger charge is -1.96. The molecule has 60 valence electrons. The van der Waals surface area contributed by atoms with Crippen LogP contribution in [0, 0.1) is 0 Å². The highest BCUT2D eigenvalue weighted by Crippen LogP contribution is 2.05. The van der Waals surface area contributed by atoms with Gasteiger partial charge in [-0.15, -0.1) is 0 Å². The minimum Gasteiger partial charge on any atom is -0.292 e. The van der Waals surface area contributed by atoms with Crippen molar-refractivity contribution >= 4 is 17.5 Å². The number of hydrogen-bond donors (Lipinski definition) is 0. The van der Waals surface area contributed by atoms with Gasteiger partial charge in [-0.1, -0.05) is 6.92 Å². The molecule has 1 nitrogen and oxygen atoms in total. The van der Waals surface area contributed by atoms with Crippen LogP contribution in [0.2, 0.25) is 0 Å². The number of halogens is 2. The molecule has 0 aromatic carbocycles. The lowest BCUT2D eigenvalue weighted by atomic mass is 10.5. The fourth-order valence-corrected chi connectivity index (χ4v) is 1.14. The van der Waals surface area contributed by atoms with Crippen molar-refractivity contribution in [1.82, 2.24) is 0 Å². The predicted molar refractivity (Wildman–Crippen MR) is 38.6 cm³/mol. The van der Waals surface area contributed by atoms with E-state index in [2.05, 4.69) is 0 Å². The SMILES string of the molecule is CCCSCC(=O)C(F)F. The largest absolute Gasteiger partial charge is 0.296 e. The van der Waals surface area contributed by atoms with Crippen LogP contribution in [0.1, 0.15) is 13.3 Å². The van der Waals surface area contributed by atoms with Crippen molar-refractivity contribution in [2.24, 2.45) is 0 Å². The maximum Gasteiger partial charge on any atom is 0.296 e. The second kappa shape index (κ2) is 5.65. The second-order valence-corrected chi connectivity index (χ2v) is 2.92. The Hall–Kier alpha value is -0.120. The molecule has 0 aromatic heterocycles. The van der Waals surface area contributed by atoms with E-state index in [-0.39, 0.29) is 5.75 Å². The molecule has 0 aliphatic rings. The first-order valence-corrected chi connectivity index (χ1v) is 4.22. The summed E-state index contributed by atoms with van der Waals surface area (Å²) in [4.78, 5) is 10.2. The van der Waals surface area contributed by atoms with Crippen LogP contribution in [0.15, 0.2) is 0 Å². The third kappa shape index (κ3) is 4.73.